The van der Waals surface area contributed by atoms with Crippen LogP contribution in [0.2, 0.25) is 0 Å². The zero-order chi connectivity index (χ0) is 12.5. The average molecular weight is 257 g/mol. The van der Waals surface area contributed by atoms with Gasteiger partial charge in [-0.15, -0.1) is 0 Å². The average Bonchev–Trinajstić information content (AvgIpc) is 3.11. The van der Waals surface area contributed by atoms with Crippen LogP contribution in [0.1, 0.15) is 19.8 Å². The number of nitriles is 1. The number of hydrogen-bond donors (Lipinski definition) is 0. The molecule has 0 bridgehead atoms. The normalized spacial score (nSPS) is 25.4. The van der Waals surface area contributed by atoms with Crippen molar-refractivity contribution in [1.82, 2.24) is 9.21 Å². The molecule has 0 aromatic carbocycles. The SMILES string of the molecule is CC(C#N)N1CCN(S(=O)(=O)CC2CC2)CC1. The highest BCUT2D eigenvalue weighted by atomic mass is 32.2. The van der Waals surface area contributed by atoms with Gasteiger partial charge in [0.1, 0.15) is 0 Å². The van der Waals surface area contributed by atoms with Gasteiger partial charge in [-0.1, -0.05) is 0 Å². The molecule has 0 amide bonds. The molecule has 17 heavy (non-hydrogen) atoms. The fraction of sp³-hybridized carbons (Fsp3) is 0.909. The highest BCUT2D eigenvalue weighted by Gasteiger charge is 2.34. The molecule has 1 aliphatic heterocycles. The Balaban J connectivity index is 1.88. The Bertz CT molecular complexity index is 403. The van der Waals surface area contributed by atoms with Gasteiger partial charge in [0, 0.05) is 26.2 Å². The predicted octanol–water partition coefficient (Wildman–Crippen LogP) is 0.256. The predicted molar refractivity (Wildman–Crippen MR) is 64.7 cm³/mol. The van der Waals surface area contributed by atoms with Crippen molar-refractivity contribution >= 4 is 10.0 Å². The van der Waals surface area contributed by atoms with Crippen LogP contribution in [0, 0.1) is 17.2 Å². The third-order valence-electron chi connectivity index (χ3n) is 3.54. The Labute approximate surface area is 103 Å². The third-order valence-corrected chi connectivity index (χ3v) is 5.59. The molecule has 0 N–H and O–H groups in total. The van der Waals surface area contributed by atoms with Gasteiger partial charge in [0.05, 0.1) is 17.9 Å². The van der Waals surface area contributed by atoms with Gasteiger partial charge in [-0.25, -0.2) is 8.42 Å². The summed E-state index contributed by atoms with van der Waals surface area (Å²) in [4.78, 5) is 2.03. The first kappa shape index (κ1) is 12.8. The molecule has 1 saturated heterocycles. The Morgan fingerprint density at radius 3 is 2.35 bits per heavy atom. The number of sulfonamides is 1. The largest absolute Gasteiger partial charge is 0.286 e. The summed E-state index contributed by atoms with van der Waals surface area (Å²) in [5, 5.41) is 8.82. The molecule has 2 rings (SSSR count). The molecule has 0 radical (unpaired) electrons. The Hall–Kier alpha value is -0.640. The second-order valence-electron chi connectivity index (χ2n) is 4.96. The molecular formula is C11H19N3O2S. The maximum Gasteiger partial charge on any atom is 0.214 e. The minimum Gasteiger partial charge on any atom is -0.286 e. The summed E-state index contributed by atoms with van der Waals surface area (Å²) in [6, 6.07) is 2.07. The van der Waals surface area contributed by atoms with E-state index in [2.05, 4.69) is 6.07 Å². The van der Waals surface area contributed by atoms with Crippen molar-refractivity contribution in [1.29, 1.82) is 5.26 Å². The lowest BCUT2D eigenvalue weighted by molar-refractivity contribution is 0.169. The van der Waals surface area contributed by atoms with Crippen molar-refractivity contribution < 1.29 is 8.42 Å². The van der Waals surface area contributed by atoms with Crippen molar-refractivity contribution in [3.63, 3.8) is 0 Å². The first-order chi connectivity index (χ1) is 8.03. The van der Waals surface area contributed by atoms with Gasteiger partial charge < -0.3 is 0 Å². The lowest BCUT2D eigenvalue weighted by Crippen LogP contribution is -2.51. The summed E-state index contributed by atoms with van der Waals surface area (Å²) in [5.74, 6) is 0.719. The van der Waals surface area contributed by atoms with Crippen molar-refractivity contribution in [3.05, 3.63) is 0 Å². The van der Waals surface area contributed by atoms with Crippen molar-refractivity contribution in [2.75, 3.05) is 31.9 Å². The van der Waals surface area contributed by atoms with Crippen LogP contribution in [0.15, 0.2) is 0 Å². The number of piperazine rings is 1. The Morgan fingerprint density at radius 1 is 1.29 bits per heavy atom. The topological polar surface area (TPSA) is 64.4 Å². The first-order valence-electron chi connectivity index (χ1n) is 6.14. The molecule has 96 valence electrons. The van der Waals surface area contributed by atoms with Crippen LogP contribution in [0.25, 0.3) is 0 Å². The lowest BCUT2D eigenvalue weighted by Gasteiger charge is -2.35. The van der Waals surface area contributed by atoms with Gasteiger partial charge in [-0.2, -0.15) is 9.57 Å². The monoisotopic (exact) mass is 257 g/mol. The molecule has 2 fully saturated rings. The van der Waals surface area contributed by atoms with E-state index in [1.165, 1.54) is 0 Å². The number of rotatable bonds is 4. The molecule has 2 aliphatic rings. The van der Waals surface area contributed by atoms with Crippen LogP contribution < -0.4 is 0 Å². The van der Waals surface area contributed by atoms with E-state index in [0.717, 1.165) is 12.8 Å². The minimum absolute atomic E-state index is 0.122. The zero-order valence-corrected chi connectivity index (χ0v) is 11.0. The van der Waals surface area contributed by atoms with Crippen LogP contribution in [-0.2, 0) is 10.0 Å². The maximum absolute atomic E-state index is 12.0. The molecular weight excluding hydrogens is 238 g/mol. The summed E-state index contributed by atoms with van der Waals surface area (Å²) in [6.45, 7) is 4.24. The molecule has 1 unspecified atom stereocenters. The maximum atomic E-state index is 12.0. The molecule has 0 spiro atoms. The van der Waals surface area contributed by atoms with Crippen molar-refractivity contribution in [2.24, 2.45) is 5.92 Å². The first-order valence-corrected chi connectivity index (χ1v) is 7.75. The van der Waals surface area contributed by atoms with Crippen LogP contribution in [-0.4, -0.2) is 55.6 Å². The summed E-state index contributed by atoms with van der Waals surface area (Å²) in [5.41, 5.74) is 0. The van der Waals surface area contributed by atoms with E-state index in [9.17, 15) is 8.42 Å². The summed E-state index contributed by atoms with van der Waals surface area (Å²) in [7, 11) is -3.05. The van der Waals surface area contributed by atoms with E-state index in [0.29, 0.717) is 37.8 Å². The number of nitrogens with zero attached hydrogens (tertiary/aromatic N) is 3. The van der Waals surface area contributed by atoms with E-state index < -0.39 is 10.0 Å². The number of hydrogen-bond acceptors (Lipinski definition) is 4. The summed E-state index contributed by atoms with van der Waals surface area (Å²) in [6.07, 6.45) is 2.12. The summed E-state index contributed by atoms with van der Waals surface area (Å²) < 4.78 is 25.6. The van der Waals surface area contributed by atoms with Crippen LogP contribution in [0.4, 0.5) is 0 Å². The fourth-order valence-electron chi connectivity index (χ4n) is 2.14. The van der Waals surface area contributed by atoms with E-state index in [1.54, 1.807) is 4.31 Å². The standard InChI is InChI=1S/C11H19N3O2S/c1-10(8-12)13-4-6-14(7-5-13)17(15,16)9-11-2-3-11/h10-11H,2-7,9H2,1H3. The second kappa shape index (κ2) is 4.92. The van der Waals surface area contributed by atoms with E-state index in [1.807, 2.05) is 11.8 Å². The highest BCUT2D eigenvalue weighted by molar-refractivity contribution is 7.89. The van der Waals surface area contributed by atoms with Crippen molar-refractivity contribution in [2.45, 2.75) is 25.8 Å². The van der Waals surface area contributed by atoms with Crippen molar-refractivity contribution in [3.8, 4) is 6.07 Å². The molecule has 1 atom stereocenters. The quantitative estimate of drug-likeness (QED) is 0.724. The lowest BCUT2D eigenvalue weighted by atomic mass is 10.2. The zero-order valence-electron chi connectivity index (χ0n) is 10.2. The van der Waals surface area contributed by atoms with Crippen LogP contribution in [0.5, 0.6) is 0 Å². The van der Waals surface area contributed by atoms with Gasteiger partial charge in [-0.3, -0.25) is 4.90 Å². The Morgan fingerprint density at radius 2 is 1.88 bits per heavy atom. The fourth-order valence-corrected chi connectivity index (χ4v) is 4.00. The molecule has 5 nitrogen and oxygen atoms in total. The van der Waals surface area contributed by atoms with E-state index in [-0.39, 0.29) is 6.04 Å². The van der Waals surface area contributed by atoms with E-state index >= 15 is 0 Å². The molecule has 6 heteroatoms. The molecule has 0 aromatic rings. The smallest absolute Gasteiger partial charge is 0.214 e. The third kappa shape index (κ3) is 3.18. The Kier molecular flexibility index (Phi) is 3.71. The van der Waals surface area contributed by atoms with Crippen LogP contribution in [0.3, 0.4) is 0 Å². The minimum atomic E-state index is -3.05. The van der Waals surface area contributed by atoms with Gasteiger partial charge in [-0.05, 0) is 25.7 Å². The van der Waals surface area contributed by atoms with Gasteiger partial charge in [0.15, 0.2) is 0 Å². The van der Waals surface area contributed by atoms with Crippen LogP contribution >= 0.6 is 0 Å². The van der Waals surface area contributed by atoms with Gasteiger partial charge in [0.2, 0.25) is 10.0 Å². The van der Waals surface area contributed by atoms with E-state index in [4.69, 9.17) is 5.26 Å². The molecule has 1 aliphatic carbocycles. The second-order valence-corrected chi connectivity index (χ2v) is 6.98. The molecule has 1 heterocycles. The highest BCUT2D eigenvalue weighted by Crippen LogP contribution is 2.31. The molecule has 0 aromatic heterocycles. The van der Waals surface area contributed by atoms with Gasteiger partial charge in [0.25, 0.3) is 0 Å². The van der Waals surface area contributed by atoms with Gasteiger partial charge >= 0.3 is 0 Å². The summed E-state index contributed by atoms with van der Waals surface area (Å²) >= 11 is 0. The molecule has 1 saturated carbocycles.